The van der Waals surface area contributed by atoms with Gasteiger partial charge >= 0.3 is 17.7 Å². The molecule has 190 valence electrons. The summed E-state index contributed by atoms with van der Waals surface area (Å²) in [5.41, 5.74) is -1.16. The normalized spacial score (nSPS) is 11.2. The Kier molecular flexibility index (Phi) is 10.4. The molecular weight excluding hydrogens is 544 g/mol. The molecule has 11 heteroatoms. The number of esters is 1. The second-order valence-corrected chi connectivity index (χ2v) is 9.84. The van der Waals surface area contributed by atoms with Crippen LogP contribution in [0.5, 0.6) is 11.5 Å². The Balaban J connectivity index is 2.03. The number of halogens is 2. The highest BCUT2D eigenvalue weighted by Gasteiger charge is 2.45. The van der Waals surface area contributed by atoms with Crippen LogP contribution in [0, 0.1) is 0 Å². The van der Waals surface area contributed by atoms with Crippen molar-refractivity contribution in [1.29, 1.82) is 0 Å². The highest BCUT2D eigenvalue weighted by atomic mass is 35.5. The van der Waals surface area contributed by atoms with Crippen molar-refractivity contribution in [3.05, 3.63) is 94.5 Å². The molecule has 0 aliphatic rings. The topological polar surface area (TPSA) is 74.3 Å². The van der Waals surface area contributed by atoms with Gasteiger partial charge in [-0.15, -0.1) is 0 Å². The van der Waals surface area contributed by atoms with E-state index in [-0.39, 0.29) is 24.7 Å². The van der Waals surface area contributed by atoms with E-state index in [0.29, 0.717) is 10.0 Å². The summed E-state index contributed by atoms with van der Waals surface area (Å²) in [4.78, 5) is 27.0. The van der Waals surface area contributed by atoms with Crippen molar-refractivity contribution in [3.63, 3.8) is 0 Å². The standard InChI is InChI=1S/C25H24Cl2NO6PS/c1-2-31-23(29)16-28(24(30)32-17-18-8-4-3-5-9-18)25(35-36,33-21-12-6-10-19(26)14-21)34-22-13-7-11-20(27)15-22/h3-15H,2,16-17,35H2,1H3. The number of carbonyl (C=O) groups is 2. The van der Waals surface area contributed by atoms with Gasteiger partial charge in [0.15, 0.2) is 0 Å². The second kappa shape index (κ2) is 13.5. The fourth-order valence-corrected chi connectivity index (χ4v) is 4.80. The van der Waals surface area contributed by atoms with Gasteiger partial charge in [-0.25, -0.2) is 9.69 Å². The third kappa shape index (κ3) is 7.87. The number of ether oxygens (including phenoxy) is 4. The number of benzene rings is 3. The first-order valence-corrected chi connectivity index (χ1v) is 14.1. The molecule has 0 saturated heterocycles. The van der Waals surface area contributed by atoms with Crippen LogP contribution in [0.25, 0.3) is 0 Å². The van der Waals surface area contributed by atoms with Crippen LogP contribution in [0.3, 0.4) is 0 Å². The SMILES string of the molecule is CCOC(=O)CN(C(=O)OCc1ccccc1)C(Oc1cccc(Cl)c1)(Oc1cccc(Cl)c1)[PH2]=S. The summed E-state index contributed by atoms with van der Waals surface area (Å²) in [5, 5.41) is 0.791. The first-order valence-electron chi connectivity index (χ1n) is 10.8. The molecule has 0 fully saturated rings. The third-order valence-electron chi connectivity index (χ3n) is 4.66. The lowest BCUT2D eigenvalue weighted by atomic mass is 10.2. The molecule has 36 heavy (non-hydrogen) atoms. The number of nitrogens with zero attached hydrogens (tertiary/aromatic N) is 1. The molecule has 1 unspecified atom stereocenters. The average Bonchev–Trinajstić information content (AvgIpc) is 2.86. The van der Waals surface area contributed by atoms with E-state index in [9.17, 15) is 9.59 Å². The Labute approximate surface area is 225 Å². The largest absolute Gasteiger partial charge is 0.465 e. The fraction of sp³-hybridized carbons (Fsp3) is 0.200. The zero-order chi connectivity index (χ0) is 26.0. The third-order valence-corrected chi connectivity index (χ3v) is 6.87. The van der Waals surface area contributed by atoms with E-state index in [2.05, 4.69) is 0 Å². The van der Waals surface area contributed by atoms with Gasteiger partial charge in [0.2, 0.25) is 0 Å². The minimum atomic E-state index is -1.91. The van der Waals surface area contributed by atoms with Gasteiger partial charge in [-0.3, -0.25) is 4.79 Å². The summed E-state index contributed by atoms with van der Waals surface area (Å²) in [6.45, 7) is 1.19. The highest BCUT2D eigenvalue weighted by molar-refractivity contribution is 7.97. The molecule has 3 aromatic carbocycles. The maximum atomic E-state index is 13.4. The van der Waals surface area contributed by atoms with Crippen LogP contribution in [-0.4, -0.2) is 35.8 Å². The number of hydrogen-bond donors (Lipinski definition) is 0. The summed E-state index contributed by atoms with van der Waals surface area (Å²) in [6, 6.07) is 22.1. The molecule has 3 rings (SSSR count). The predicted octanol–water partition coefficient (Wildman–Crippen LogP) is 6.14. The van der Waals surface area contributed by atoms with E-state index in [1.807, 2.05) is 18.2 Å². The van der Waals surface area contributed by atoms with E-state index >= 15 is 0 Å². The summed E-state index contributed by atoms with van der Waals surface area (Å²) < 4.78 is 23.0. The van der Waals surface area contributed by atoms with Gasteiger partial charge in [0.1, 0.15) is 24.7 Å². The van der Waals surface area contributed by atoms with E-state index in [1.165, 1.54) is 0 Å². The van der Waals surface area contributed by atoms with E-state index in [4.69, 9.17) is 54.0 Å². The van der Waals surface area contributed by atoms with Crippen molar-refractivity contribution in [2.75, 3.05) is 13.2 Å². The van der Waals surface area contributed by atoms with Gasteiger partial charge in [0, 0.05) is 17.4 Å². The monoisotopic (exact) mass is 567 g/mol. The van der Waals surface area contributed by atoms with Gasteiger partial charge in [-0.1, -0.05) is 77.5 Å². The van der Waals surface area contributed by atoms with Crippen LogP contribution in [0.1, 0.15) is 12.5 Å². The first-order chi connectivity index (χ1) is 17.3. The quantitative estimate of drug-likeness (QED) is 0.156. The van der Waals surface area contributed by atoms with E-state index < -0.39 is 31.6 Å². The second-order valence-electron chi connectivity index (χ2n) is 7.30. The van der Waals surface area contributed by atoms with Crippen LogP contribution in [0.4, 0.5) is 4.79 Å². The Hall–Kier alpha value is -2.77. The smallest absolute Gasteiger partial charge is 0.416 e. The lowest BCUT2D eigenvalue weighted by Gasteiger charge is -2.39. The number of hydrogen-bond acceptors (Lipinski definition) is 7. The molecule has 0 N–H and O–H groups in total. The lowest BCUT2D eigenvalue weighted by Crippen LogP contribution is -2.57. The Morgan fingerprint density at radius 3 is 1.97 bits per heavy atom. The van der Waals surface area contributed by atoms with Gasteiger partial charge in [-0.2, -0.15) is 0 Å². The Morgan fingerprint density at radius 1 is 0.889 bits per heavy atom. The first kappa shape index (κ1) is 27.8. The van der Waals surface area contributed by atoms with Crippen LogP contribution in [-0.2, 0) is 32.7 Å². The van der Waals surface area contributed by atoms with Crippen molar-refractivity contribution in [3.8, 4) is 11.5 Å². The molecule has 3 aromatic rings. The summed E-state index contributed by atoms with van der Waals surface area (Å²) in [5.74, 6) is -0.149. The molecule has 7 nitrogen and oxygen atoms in total. The highest BCUT2D eigenvalue weighted by Crippen LogP contribution is 2.36. The zero-order valence-corrected chi connectivity index (χ0v) is 22.7. The maximum Gasteiger partial charge on any atom is 0.416 e. The lowest BCUT2D eigenvalue weighted by molar-refractivity contribution is -0.163. The van der Waals surface area contributed by atoms with Crippen molar-refractivity contribution < 1.29 is 28.5 Å². The summed E-state index contributed by atoms with van der Waals surface area (Å²) in [6.07, 6.45) is -0.881. The van der Waals surface area contributed by atoms with E-state index in [1.54, 1.807) is 67.6 Å². The maximum absolute atomic E-state index is 13.4. The molecule has 0 radical (unpaired) electrons. The molecule has 0 bridgehead atoms. The van der Waals surface area contributed by atoms with Crippen molar-refractivity contribution in [2.45, 2.75) is 19.2 Å². The van der Waals surface area contributed by atoms with Crippen molar-refractivity contribution in [1.82, 2.24) is 4.90 Å². The molecule has 0 spiro atoms. The summed E-state index contributed by atoms with van der Waals surface area (Å²) >= 11 is 17.8. The van der Waals surface area contributed by atoms with Gasteiger partial charge in [0.25, 0.3) is 0 Å². The Morgan fingerprint density at radius 2 is 1.47 bits per heavy atom. The van der Waals surface area contributed by atoms with Crippen LogP contribution in [0.2, 0.25) is 10.0 Å². The average molecular weight is 568 g/mol. The van der Waals surface area contributed by atoms with Gasteiger partial charge < -0.3 is 18.9 Å². The summed E-state index contributed by atoms with van der Waals surface area (Å²) in [7, 11) is -1.23. The molecular formula is C25H24Cl2NO6PS. The Bertz CT molecular complexity index is 1150. The molecule has 0 aliphatic carbocycles. The van der Waals surface area contributed by atoms with Gasteiger partial charge in [-0.05, 0) is 48.9 Å². The molecule has 1 amide bonds. The predicted molar refractivity (Wildman–Crippen MR) is 144 cm³/mol. The van der Waals surface area contributed by atoms with Crippen molar-refractivity contribution in [2.24, 2.45) is 0 Å². The fourth-order valence-electron chi connectivity index (χ4n) is 3.08. The van der Waals surface area contributed by atoms with Crippen LogP contribution in [0.15, 0.2) is 78.9 Å². The molecule has 0 heterocycles. The van der Waals surface area contributed by atoms with E-state index in [0.717, 1.165) is 10.5 Å². The molecule has 0 aliphatic heterocycles. The number of amides is 1. The minimum Gasteiger partial charge on any atom is -0.465 e. The number of rotatable bonds is 11. The molecule has 1 atom stereocenters. The number of carbonyl (C=O) groups excluding carboxylic acids is 2. The molecule has 0 saturated carbocycles. The van der Waals surface area contributed by atoms with Crippen molar-refractivity contribution >= 4 is 54.4 Å². The zero-order valence-electron chi connectivity index (χ0n) is 19.3. The van der Waals surface area contributed by atoms with Gasteiger partial charge in [0.05, 0.1) is 6.61 Å². The minimum absolute atomic E-state index is 0.0455. The van der Waals surface area contributed by atoms with Crippen LogP contribution >= 0.6 is 30.6 Å². The van der Waals surface area contributed by atoms with Crippen LogP contribution < -0.4 is 9.47 Å². The molecule has 0 aromatic heterocycles.